The Hall–Kier alpha value is -2.43. The third-order valence-corrected chi connectivity index (χ3v) is 4.62. The maximum Gasteiger partial charge on any atom is 0.422 e. The Morgan fingerprint density at radius 3 is 2.64 bits per heavy atom. The Morgan fingerprint density at radius 2 is 2.04 bits per heavy atom. The number of hydrogen-bond acceptors (Lipinski definition) is 6. The predicted octanol–water partition coefficient (Wildman–Crippen LogP) is 2.38. The lowest BCUT2D eigenvalue weighted by Gasteiger charge is -2.14. The number of alkyl halides is 3. The smallest absolute Gasteiger partial charge is 0.422 e. The lowest BCUT2D eigenvalue weighted by atomic mass is 10.1. The van der Waals surface area contributed by atoms with E-state index in [0.717, 1.165) is 16.7 Å². The average Bonchev–Trinajstić information content (AvgIpc) is 2.96. The van der Waals surface area contributed by atoms with Gasteiger partial charge in [-0.25, -0.2) is 0 Å². The summed E-state index contributed by atoms with van der Waals surface area (Å²) in [6.45, 7) is -1.15. The monoisotopic (exact) mass is 420 g/mol. The van der Waals surface area contributed by atoms with E-state index in [1.165, 1.54) is 19.2 Å². The quantitative estimate of drug-likeness (QED) is 0.660. The molecule has 1 aromatic carbocycles. The first-order valence-corrected chi connectivity index (χ1v) is 9.28. The van der Waals surface area contributed by atoms with Gasteiger partial charge in [0.05, 0.1) is 12.9 Å². The molecule has 7 nitrogen and oxygen atoms in total. The van der Waals surface area contributed by atoms with E-state index in [0.29, 0.717) is 12.0 Å². The van der Waals surface area contributed by atoms with Crippen LogP contribution in [-0.4, -0.2) is 60.7 Å². The minimum Gasteiger partial charge on any atom is -0.493 e. The summed E-state index contributed by atoms with van der Waals surface area (Å²) in [5.74, 6) is -0.319. The highest BCUT2D eigenvalue weighted by Gasteiger charge is 2.30. The van der Waals surface area contributed by atoms with E-state index in [1.54, 1.807) is 6.07 Å². The molecule has 0 atom stereocenters. The highest BCUT2D eigenvalue weighted by atomic mass is 32.2. The molecule has 0 saturated carbocycles. The van der Waals surface area contributed by atoms with Crippen LogP contribution in [0, 0.1) is 0 Å². The standard InChI is InChI=1S/C17H19F3N2O5S/c1-26-13-8-11(2-4-12(13)27-10-17(18,19)20)3-5-14(23)21-6-7-22-15(24)9-28-16(22)25/h2,4,8H,3,5-7,9-10H2,1H3,(H,21,23). The molecule has 1 N–H and O–H groups in total. The molecule has 0 radical (unpaired) electrons. The first kappa shape index (κ1) is 21.9. The summed E-state index contributed by atoms with van der Waals surface area (Å²) in [6, 6.07) is 4.43. The molecule has 28 heavy (non-hydrogen) atoms. The van der Waals surface area contributed by atoms with Crippen molar-refractivity contribution in [3.8, 4) is 11.5 Å². The van der Waals surface area contributed by atoms with Crippen molar-refractivity contribution < 1.29 is 37.0 Å². The van der Waals surface area contributed by atoms with Crippen molar-refractivity contribution in [2.24, 2.45) is 0 Å². The minimum atomic E-state index is -4.45. The van der Waals surface area contributed by atoms with Crippen LogP contribution in [0.4, 0.5) is 18.0 Å². The number of hydrogen-bond donors (Lipinski definition) is 1. The number of halogens is 3. The molecule has 0 spiro atoms. The molecule has 0 aliphatic carbocycles. The van der Waals surface area contributed by atoms with Crippen LogP contribution in [0.3, 0.4) is 0 Å². The van der Waals surface area contributed by atoms with Crippen LogP contribution < -0.4 is 14.8 Å². The SMILES string of the molecule is COc1cc(CCC(=O)NCCN2C(=O)CSC2=O)ccc1OCC(F)(F)F. The zero-order valence-corrected chi connectivity index (χ0v) is 15.8. The van der Waals surface area contributed by atoms with Crippen molar-refractivity contribution in [1.82, 2.24) is 10.2 Å². The van der Waals surface area contributed by atoms with Crippen LogP contribution in [0.15, 0.2) is 18.2 Å². The number of aryl methyl sites for hydroxylation is 1. The maximum atomic E-state index is 12.3. The van der Waals surface area contributed by atoms with E-state index >= 15 is 0 Å². The average molecular weight is 420 g/mol. The summed E-state index contributed by atoms with van der Waals surface area (Å²) in [5, 5.41) is 2.30. The fourth-order valence-electron chi connectivity index (χ4n) is 2.40. The molecular formula is C17H19F3N2O5S. The Bertz CT molecular complexity index is 726. The van der Waals surface area contributed by atoms with Crippen molar-refractivity contribution in [1.29, 1.82) is 0 Å². The molecule has 154 valence electrons. The highest BCUT2D eigenvalue weighted by molar-refractivity contribution is 8.14. The van der Waals surface area contributed by atoms with Crippen LogP contribution in [0.25, 0.3) is 0 Å². The van der Waals surface area contributed by atoms with Crippen LogP contribution in [0.2, 0.25) is 0 Å². The Morgan fingerprint density at radius 1 is 1.29 bits per heavy atom. The van der Waals surface area contributed by atoms with Gasteiger partial charge in [0.2, 0.25) is 11.8 Å². The van der Waals surface area contributed by atoms with Crippen molar-refractivity contribution >= 4 is 28.8 Å². The molecule has 3 amide bonds. The van der Waals surface area contributed by atoms with Gasteiger partial charge in [-0.15, -0.1) is 0 Å². The summed E-state index contributed by atoms with van der Waals surface area (Å²) >= 11 is 0.929. The number of nitrogens with zero attached hydrogens (tertiary/aromatic N) is 1. The molecule has 2 rings (SSSR count). The van der Waals surface area contributed by atoms with Gasteiger partial charge in [-0.3, -0.25) is 19.3 Å². The number of ether oxygens (including phenoxy) is 2. The minimum absolute atomic E-state index is 0.0363. The molecular weight excluding hydrogens is 401 g/mol. The number of benzene rings is 1. The van der Waals surface area contributed by atoms with Crippen LogP contribution >= 0.6 is 11.8 Å². The number of amides is 3. The fraction of sp³-hybridized carbons (Fsp3) is 0.471. The topological polar surface area (TPSA) is 84.9 Å². The number of carbonyl (C=O) groups excluding carboxylic acids is 3. The molecule has 11 heteroatoms. The van der Waals surface area contributed by atoms with Crippen molar-refractivity contribution in [3.05, 3.63) is 23.8 Å². The predicted molar refractivity (Wildman–Crippen MR) is 95.4 cm³/mol. The van der Waals surface area contributed by atoms with Crippen LogP contribution in [0.1, 0.15) is 12.0 Å². The number of rotatable bonds is 9. The molecule has 1 aliphatic rings. The summed E-state index contributed by atoms with van der Waals surface area (Å²) < 4.78 is 46.5. The molecule has 0 aromatic heterocycles. The third-order valence-electron chi connectivity index (χ3n) is 3.76. The van der Waals surface area contributed by atoms with E-state index in [2.05, 4.69) is 5.32 Å². The number of methoxy groups -OCH3 is 1. The molecule has 0 unspecified atom stereocenters. The number of carbonyl (C=O) groups is 3. The summed E-state index contributed by atoms with van der Waals surface area (Å²) in [7, 11) is 1.31. The molecule has 0 bridgehead atoms. The second kappa shape index (κ2) is 9.67. The summed E-state index contributed by atoms with van der Waals surface area (Å²) in [5.41, 5.74) is 0.688. The zero-order chi connectivity index (χ0) is 20.7. The van der Waals surface area contributed by atoms with Crippen molar-refractivity contribution in [2.75, 3.05) is 32.6 Å². The van der Waals surface area contributed by atoms with E-state index in [9.17, 15) is 27.6 Å². The normalized spacial score (nSPS) is 14.4. The fourth-order valence-corrected chi connectivity index (χ4v) is 3.15. The molecule has 1 heterocycles. The first-order chi connectivity index (χ1) is 13.2. The zero-order valence-electron chi connectivity index (χ0n) is 15.0. The van der Waals surface area contributed by atoms with E-state index in [4.69, 9.17) is 9.47 Å². The van der Waals surface area contributed by atoms with E-state index in [1.807, 2.05) is 0 Å². The van der Waals surface area contributed by atoms with E-state index in [-0.39, 0.29) is 53.8 Å². The van der Waals surface area contributed by atoms with Gasteiger partial charge in [0.1, 0.15) is 0 Å². The maximum absolute atomic E-state index is 12.3. The van der Waals surface area contributed by atoms with Crippen molar-refractivity contribution in [2.45, 2.75) is 19.0 Å². The van der Waals surface area contributed by atoms with Gasteiger partial charge < -0.3 is 14.8 Å². The van der Waals surface area contributed by atoms with Gasteiger partial charge in [-0.05, 0) is 24.1 Å². The van der Waals surface area contributed by atoms with Gasteiger partial charge in [0.15, 0.2) is 18.1 Å². The molecule has 1 aromatic rings. The molecule has 1 saturated heterocycles. The lowest BCUT2D eigenvalue weighted by molar-refractivity contribution is -0.153. The Kier molecular flexibility index (Phi) is 7.55. The van der Waals surface area contributed by atoms with Crippen LogP contribution in [0.5, 0.6) is 11.5 Å². The lowest BCUT2D eigenvalue weighted by Crippen LogP contribution is -2.37. The van der Waals surface area contributed by atoms with Gasteiger partial charge in [-0.2, -0.15) is 13.2 Å². The second-order valence-electron chi connectivity index (χ2n) is 5.84. The van der Waals surface area contributed by atoms with Crippen molar-refractivity contribution in [3.63, 3.8) is 0 Å². The Labute approximate surface area is 163 Å². The summed E-state index contributed by atoms with van der Waals surface area (Å²) in [6.07, 6.45) is -3.99. The highest BCUT2D eigenvalue weighted by Crippen LogP contribution is 2.30. The number of imide groups is 1. The molecule has 1 fully saturated rings. The van der Waals surface area contributed by atoms with Gasteiger partial charge >= 0.3 is 6.18 Å². The first-order valence-electron chi connectivity index (χ1n) is 8.30. The third kappa shape index (κ3) is 6.63. The van der Waals surface area contributed by atoms with E-state index < -0.39 is 12.8 Å². The molecule has 1 aliphatic heterocycles. The van der Waals surface area contributed by atoms with Crippen LogP contribution in [-0.2, 0) is 16.0 Å². The second-order valence-corrected chi connectivity index (χ2v) is 6.77. The Balaban J connectivity index is 1.79. The van der Waals surface area contributed by atoms with Gasteiger partial charge in [-0.1, -0.05) is 17.8 Å². The number of thioether (sulfide) groups is 1. The number of nitrogens with one attached hydrogen (secondary N) is 1. The van der Waals surface area contributed by atoms with Gasteiger partial charge in [0.25, 0.3) is 5.24 Å². The summed E-state index contributed by atoms with van der Waals surface area (Å²) in [4.78, 5) is 35.9. The van der Waals surface area contributed by atoms with Gasteiger partial charge in [0, 0.05) is 19.5 Å². The largest absolute Gasteiger partial charge is 0.493 e.